The third-order valence-corrected chi connectivity index (χ3v) is 5.14. The first-order chi connectivity index (χ1) is 9.44. The van der Waals surface area contributed by atoms with Crippen LogP contribution in [-0.2, 0) is 10.0 Å². The van der Waals surface area contributed by atoms with Crippen molar-refractivity contribution in [3.05, 3.63) is 29.3 Å². The minimum Gasteiger partial charge on any atom is -0.395 e. The largest absolute Gasteiger partial charge is 0.395 e. The van der Waals surface area contributed by atoms with Gasteiger partial charge in [0.15, 0.2) is 0 Å². The van der Waals surface area contributed by atoms with Crippen LogP contribution >= 0.6 is 11.6 Å². The molecule has 0 aromatic heterocycles. The molecular formula is C14H22ClNO3S. The van der Waals surface area contributed by atoms with Gasteiger partial charge >= 0.3 is 0 Å². The fraction of sp³-hybridized carbons (Fsp3) is 0.571. The zero-order valence-electron chi connectivity index (χ0n) is 11.8. The highest BCUT2D eigenvalue weighted by atomic mass is 35.5. The third-order valence-electron chi connectivity index (χ3n) is 3.38. The second-order valence-corrected chi connectivity index (χ2v) is 6.97. The maximum absolute atomic E-state index is 12.3. The molecule has 0 fully saturated rings. The Labute approximate surface area is 126 Å². The maximum atomic E-state index is 12.3. The van der Waals surface area contributed by atoms with E-state index in [0.29, 0.717) is 5.02 Å². The van der Waals surface area contributed by atoms with Crippen LogP contribution in [0.1, 0.15) is 33.1 Å². The van der Waals surface area contributed by atoms with Crippen LogP contribution in [0.25, 0.3) is 0 Å². The van der Waals surface area contributed by atoms with E-state index in [2.05, 4.69) is 4.72 Å². The lowest BCUT2D eigenvalue weighted by molar-refractivity contribution is 0.205. The molecule has 0 aliphatic heterocycles. The van der Waals surface area contributed by atoms with Gasteiger partial charge in [-0.05, 0) is 36.6 Å². The normalized spacial score (nSPS) is 15.0. The molecule has 0 saturated heterocycles. The summed E-state index contributed by atoms with van der Waals surface area (Å²) >= 11 is 5.75. The van der Waals surface area contributed by atoms with Gasteiger partial charge in [0.1, 0.15) is 0 Å². The Morgan fingerprint density at radius 1 is 1.25 bits per heavy atom. The van der Waals surface area contributed by atoms with E-state index in [-0.39, 0.29) is 17.4 Å². The van der Waals surface area contributed by atoms with E-state index >= 15 is 0 Å². The summed E-state index contributed by atoms with van der Waals surface area (Å²) in [5.41, 5.74) is 0. The molecule has 6 heteroatoms. The Bertz CT molecular complexity index is 502. The summed E-state index contributed by atoms with van der Waals surface area (Å²) in [5, 5.41) is 9.95. The highest BCUT2D eigenvalue weighted by Crippen LogP contribution is 2.19. The molecule has 0 radical (unpaired) electrons. The predicted molar refractivity (Wildman–Crippen MR) is 81.3 cm³/mol. The van der Waals surface area contributed by atoms with Gasteiger partial charge in [-0.25, -0.2) is 13.1 Å². The maximum Gasteiger partial charge on any atom is 0.240 e. The molecule has 0 bridgehead atoms. The van der Waals surface area contributed by atoms with Crippen molar-refractivity contribution < 1.29 is 13.5 Å². The van der Waals surface area contributed by atoms with Gasteiger partial charge in [0.25, 0.3) is 0 Å². The second kappa shape index (κ2) is 7.98. The summed E-state index contributed by atoms with van der Waals surface area (Å²) in [6.45, 7) is 3.84. The summed E-state index contributed by atoms with van der Waals surface area (Å²) in [7, 11) is -3.63. The topological polar surface area (TPSA) is 66.4 Å². The Morgan fingerprint density at radius 3 is 2.30 bits per heavy atom. The number of rotatable bonds is 8. The molecule has 1 aromatic rings. The second-order valence-electron chi connectivity index (χ2n) is 4.82. The summed E-state index contributed by atoms with van der Waals surface area (Å²) in [5.74, 6) is 0.132. The van der Waals surface area contributed by atoms with Gasteiger partial charge in [-0.2, -0.15) is 0 Å². The SMILES string of the molecule is CCCC(CC)C(CO)NS(=O)(=O)c1ccc(Cl)cc1. The zero-order valence-corrected chi connectivity index (χ0v) is 13.4. The number of hydrogen-bond donors (Lipinski definition) is 2. The van der Waals surface area contributed by atoms with E-state index in [1.54, 1.807) is 0 Å². The first kappa shape index (κ1) is 17.4. The van der Waals surface area contributed by atoms with Crippen molar-refractivity contribution in [1.82, 2.24) is 4.72 Å². The van der Waals surface area contributed by atoms with Gasteiger partial charge < -0.3 is 5.11 Å². The Morgan fingerprint density at radius 2 is 1.85 bits per heavy atom. The summed E-state index contributed by atoms with van der Waals surface area (Å²) in [6.07, 6.45) is 2.66. The molecular weight excluding hydrogens is 298 g/mol. The van der Waals surface area contributed by atoms with Crippen molar-refractivity contribution >= 4 is 21.6 Å². The lowest BCUT2D eigenvalue weighted by Gasteiger charge is -2.25. The van der Waals surface area contributed by atoms with Crippen molar-refractivity contribution in [2.75, 3.05) is 6.61 Å². The predicted octanol–water partition coefficient (Wildman–Crippen LogP) is 2.81. The lowest BCUT2D eigenvalue weighted by Crippen LogP contribution is -2.42. The third kappa shape index (κ3) is 4.74. The molecule has 0 amide bonds. The van der Waals surface area contributed by atoms with Crippen molar-refractivity contribution in [2.24, 2.45) is 5.92 Å². The molecule has 1 aromatic carbocycles. The van der Waals surface area contributed by atoms with E-state index in [1.165, 1.54) is 24.3 Å². The quantitative estimate of drug-likeness (QED) is 0.774. The molecule has 0 aliphatic carbocycles. The number of aliphatic hydroxyl groups is 1. The molecule has 114 valence electrons. The molecule has 1 rings (SSSR count). The zero-order chi connectivity index (χ0) is 15.2. The fourth-order valence-corrected chi connectivity index (χ4v) is 3.65. The van der Waals surface area contributed by atoms with Crippen LogP contribution in [0.5, 0.6) is 0 Å². The number of aliphatic hydroxyl groups excluding tert-OH is 1. The smallest absolute Gasteiger partial charge is 0.240 e. The van der Waals surface area contributed by atoms with Crippen molar-refractivity contribution in [3.63, 3.8) is 0 Å². The molecule has 4 nitrogen and oxygen atoms in total. The first-order valence-electron chi connectivity index (χ1n) is 6.83. The molecule has 20 heavy (non-hydrogen) atoms. The average Bonchev–Trinajstić information content (AvgIpc) is 2.43. The highest BCUT2D eigenvalue weighted by Gasteiger charge is 2.25. The van der Waals surface area contributed by atoms with Crippen LogP contribution in [-0.4, -0.2) is 26.2 Å². The molecule has 0 aliphatic rings. The van der Waals surface area contributed by atoms with Crippen molar-refractivity contribution in [2.45, 2.75) is 44.0 Å². The monoisotopic (exact) mass is 319 g/mol. The van der Waals surface area contributed by atoms with Gasteiger partial charge in [-0.1, -0.05) is 38.3 Å². The lowest BCUT2D eigenvalue weighted by atomic mass is 9.93. The van der Waals surface area contributed by atoms with Crippen molar-refractivity contribution in [1.29, 1.82) is 0 Å². The van der Waals surface area contributed by atoms with Crippen LogP contribution in [0.3, 0.4) is 0 Å². The molecule has 2 N–H and O–H groups in total. The Kier molecular flexibility index (Phi) is 6.95. The van der Waals surface area contributed by atoms with Gasteiger partial charge in [-0.15, -0.1) is 0 Å². The van der Waals surface area contributed by atoms with Crippen LogP contribution in [0.4, 0.5) is 0 Å². The Balaban J connectivity index is 2.89. The van der Waals surface area contributed by atoms with Crippen LogP contribution in [0, 0.1) is 5.92 Å². The Hall–Kier alpha value is -0.620. The molecule has 2 unspecified atom stereocenters. The minimum absolute atomic E-state index is 0.132. The number of sulfonamides is 1. The average molecular weight is 320 g/mol. The van der Waals surface area contributed by atoms with Crippen LogP contribution < -0.4 is 4.72 Å². The van der Waals surface area contributed by atoms with Gasteiger partial charge in [-0.3, -0.25) is 0 Å². The van der Waals surface area contributed by atoms with Gasteiger partial charge in [0, 0.05) is 11.1 Å². The number of benzene rings is 1. The van der Waals surface area contributed by atoms with E-state index < -0.39 is 16.1 Å². The van der Waals surface area contributed by atoms with Gasteiger partial charge in [0.05, 0.1) is 11.5 Å². The minimum atomic E-state index is -3.63. The van der Waals surface area contributed by atoms with E-state index in [9.17, 15) is 13.5 Å². The number of hydrogen-bond acceptors (Lipinski definition) is 3. The standard InChI is InChI=1S/C14H22ClNO3S/c1-3-5-11(4-2)14(10-17)16-20(18,19)13-8-6-12(15)7-9-13/h6-9,11,14,16-17H,3-5,10H2,1-2H3. The highest BCUT2D eigenvalue weighted by molar-refractivity contribution is 7.89. The van der Waals surface area contributed by atoms with Crippen LogP contribution in [0.2, 0.25) is 5.02 Å². The fourth-order valence-electron chi connectivity index (χ4n) is 2.22. The van der Waals surface area contributed by atoms with Gasteiger partial charge in [0.2, 0.25) is 10.0 Å². The summed E-state index contributed by atoms with van der Waals surface area (Å²) < 4.78 is 27.1. The summed E-state index contributed by atoms with van der Waals surface area (Å²) in [4.78, 5) is 0.159. The van der Waals surface area contributed by atoms with Crippen LogP contribution in [0.15, 0.2) is 29.2 Å². The van der Waals surface area contributed by atoms with E-state index in [1.807, 2.05) is 13.8 Å². The molecule has 0 heterocycles. The molecule has 0 saturated carbocycles. The number of nitrogens with one attached hydrogen (secondary N) is 1. The molecule has 2 atom stereocenters. The molecule has 0 spiro atoms. The van der Waals surface area contributed by atoms with Crippen molar-refractivity contribution in [3.8, 4) is 0 Å². The van der Waals surface area contributed by atoms with E-state index in [4.69, 9.17) is 11.6 Å². The number of halogens is 1. The first-order valence-corrected chi connectivity index (χ1v) is 8.69. The van der Waals surface area contributed by atoms with E-state index in [0.717, 1.165) is 19.3 Å². The summed E-state index contributed by atoms with van der Waals surface area (Å²) in [6, 6.07) is 5.53.